The van der Waals surface area contributed by atoms with Crippen molar-refractivity contribution in [1.29, 1.82) is 0 Å². The van der Waals surface area contributed by atoms with Crippen molar-refractivity contribution < 1.29 is 31.5 Å². The lowest BCUT2D eigenvalue weighted by atomic mass is 10.1. The van der Waals surface area contributed by atoms with Gasteiger partial charge in [-0.3, -0.25) is 19.3 Å². The summed E-state index contributed by atoms with van der Waals surface area (Å²) in [5.41, 5.74) is 0.201. The normalized spacial score (nSPS) is 16.5. The van der Waals surface area contributed by atoms with Gasteiger partial charge < -0.3 is 19.7 Å². The first kappa shape index (κ1) is 31.1. The average molecular weight is 623 g/mol. The number of benzene rings is 1. The van der Waals surface area contributed by atoms with Crippen molar-refractivity contribution in [2.75, 3.05) is 56.0 Å². The van der Waals surface area contributed by atoms with Crippen LogP contribution in [0.25, 0.3) is 11.4 Å². The molecule has 0 aliphatic carbocycles. The molecule has 0 atom stereocenters. The van der Waals surface area contributed by atoms with Crippen molar-refractivity contribution in [1.82, 2.24) is 29.0 Å². The van der Waals surface area contributed by atoms with Crippen molar-refractivity contribution in [2.45, 2.75) is 39.4 Å². The highest BCUT2D eigenvalue weighted by Gasteiger charge is 2.30. The van der Waals surface area contributed by atoms with E-state index in [1.165, 1.54) is 11.5 Å². The Bertz CT molecular complexity index is 1640. The van der Waals surface area contributed by atoms with E-state index >= 15 is 0 Å². The van der Waals surface area contributed by atoms with Gasteiger partial charge in [0.15, 0.2) is 5.82 Å². The van der Waals surface area contributed by atoms with Crippen LogP contribution in [0.15, 0.2) is 35.1 Å². The number of nitrogens with zero attached hydrogens (tertiary/aromatic N) is 7. The number of amides is 2. The van der Waals surface area contributed by atoms with Crippen LogP contribution in [0.4, 0.5) is 33.3 Å². The topological polar surface area (TPSA) is 108 Å². The summed E-state index contributed by atoms with van der Waals surface area (Å²) >= 11 is 0. The van der Waals surface area contributed by atoms with Crippen molar-refractivity contribution >= 4 is 34.5 Å². The van der Waals surface area contributed by atoms with Crippen LogP contribution in [0.1, 0.15) is 30.4 Å². The Morgan fingerprint density at radius 2 is 1.73 bits per heavy atom. The Morgan fingerprint density at radius 3 is 2.30 bits per heavy atom. The summed E-state index contributed by atoms with van der Waals surface area (Å²) in [6.07, 6.45) is -4.87. The SMILES string of the molecule is CC(=O)N1CCN(c2c(C)n(CC(=O)Nc3ccc(C(F)(F)F)cc3)c3nc(C4=CCN(CC(F)F)CC4)nn3c2=O)CC1. The third-order valence-corrected chi connectivity index (χ3v) is 7.79. The van der Waals surface area contributed by atoms with Gasteiger partial charge >= 0.3 is 6.18 Å². The highest BCUT2D eigenvalue weighted by atomic mass is 19.4. The number of halogens is 5. The Balaban J connectivity index is 1.49. The van der Waals surface area contributed by atoms with Crippen LogP contribution < -0.4 is 15.8 Å². The standard InChI is InChI=1S/C28H31F5N8O3/c1-17-24(39-13-11-38(12-14-39)18(2)42)26(44)41-27(35-25(36-41)19-7-9-37(10-8-19)15-22(29)30)40(17)16-23(43)34-21-5-3-20(4-6-21)28(31,32)33/h3-7,22H,8-16H2,1-2H3,(H,34,43). The summed E-state index contributed by atoms with van der Waals surface area (Å²) < 4.78 is 67.2. The third kappa shape index (κ3) is 6.59. The lowest BCUT2D eigenvalue weighted by Gasteiger charge is -2.36. The summed E-state index contributed by atoms with van der Waals surface area (Å²) in [6.45, 7) is 4.58. The minimum atomic E-state index is -4.52. The molecule has 1 aromatic carbocycles. The summed E-state index contributed by atoms with van der Waals surface area (Å²) in [5, 5.41) is 7.04. The molecule has 0 saturated carbocycles. The number of nitrogens with one attached hydrogen (secondary N) is 1. The highest BCUT2D eigenvalue weighted by molar-refractivity contribution is 5.91. The monoisotopic (exact) mass is 622 g/mol. The van der Waals surface area contributed by atoms with Gasteiger partial charge in [0.25, 0.3) is 12.0 Å². The van der Waals surface area contributed by atoms with Crippen molar-refractivity contribution in [3.8, 4) is 0 Å². The predicted molar refractivity (Wildman–Crippen MR) is 152 cm³/mol. The second kappa shape index (κ2) is 12.3. The van der Waals surface area contributed by atoms with Crippen LogP contribution in [0.3, 0.4) is 0 Å². The van der Waals surface area contributed by atoms with Gasteiger partial charge in [-0.25, -0.2) is 8.78 Å². The molecule has 236 valence electrons. The van der Waals surface area contributed by atoms with Gasteiger partial charge in [-0.05, 0) is 43.2 Å². The average Bonchev–Trinajstić information content (AvgIpc) is 3.41. The van der Waals surface area contributed by atoms with Gasteiger partial charge in [0, 0.05) is 57.6 Å². The maximum Gasteiger partial charge on any atom is 0.416 e. The van der Waals surface area contributed by atoms with Crippen molar-refractivity contribution in [3.63, 3.8) is 0 Å². The number of carbonyl (C=O) groups is 2. The van der Waals surface area contributed by atoms with E-state index in [1.54, 1.807) is 22.8 Å². The van der Waals surface area contributed by atoms with Crippen molar-refractivity contribution in [2.24, 2.45) is 0 Å². The van der Waals surface area contributed by atoms with Crippen LogP contribution in [0.5, 0.6) is 0 Å². The molecule has 1 fully saturated rings. The fourth-order valence-electron chi connectivity index (χ4n) is 5.44. The maximum absolute atomic E-state index is 13.8. The smallest absolute Gasteiger partial charge is 0.362 e. The molecule has 5 rings (SSSR count). The molecule has 0 spiro atoms. The van der Waals surface area contributed by atoms with Gasteiger partial charge in [-0.15, -0.1) is 5.10 Å². The number of hydrogen-bond donors (Lipinski definition) is 1. The third-order valence-electron chi connectivity index (χ3n) is 7.79. The Labute approximate surface area is 248 Å². The first-order valence-electron chi connectivity index (χ1n) is 14.0. The number of rotatable bonds is 7. The maximum atomic E-state index is 13.8. The Kier molecular flexibility index (Phi) is 8.72. The zero-order valence-corrected chi connectivity index (χ0v) is 24.1. The van der Waals surface area contributed by atoms with Crippen LogP contribution in [-0.2, 0) is 22.3 Å². The predicted octanol–water partition coefficient (Wildman–Crippen LogP) is 2.88. The minimum Gasteiger partial charge on any atom is -0.362 e. The van der Waals surface area contributed by atoms with E-state index in [4.69, 9.17) is 0 Å². The quantitative estimate of drug-likeness (QED) is 0.404. The van der Waals surface area contributed by atoms with Gasteiger partial charge in [0.2, 0.25) is 17.6 Å². The molecular formula is C28H31F5N8O3. The zero-order chi connectivity index (χ0) is 31.8. The van der Waals surface area contributed by atoms with E-state index in [0.29, 0.717) is 50.4 Å². The molecule has 44 heavy (non-hydrogen) atoms. The number of hydrogen-bond acceptors (Lipinski definition) is 7. The lowest BCUT2D eigenvalue weighted by Crippen LogP contribution is -2.50. The highest BCUT2D eigenvalue weighted by Crippen LogP contribution is 2.30. The summed E-state index contributed by atoms with van der Waals surface area (Å²) in [7, 11) is 0. The summed E-state index contributed by atoms with van der Waals surface area (Å²) in [5.74, 6) is -0.349. The molecule has 2 amide bonds. The van der Waals surface area contributed by atoms with Crippen LogP contribution >= 0.6 is 0 Å². The number of aromatic nitrogens is 4. The van der Waals surface area contributed by atoms with Gasteiger partial charge in [0.1, 0.15) is 12.2 Å². The molecule has 0 radical (unpaired) electrons. The number of fused-ring (bicyclic) bond motifs is 1. The number of carbonyl (C=O) groups excluding carboxylic acids is 2. The fourth-order valence-corrected chi connectivity index (χ4v) is 5.44. The molecule has 2 aromatic heterocycles. The van der Waals surface area contributed by atoms with Gasteiger partial charge in [0.05, 0.1) is 12.1 Å². The van der Waals surface area contributed by atoms with E-state index in [2.05, 4.69) is 15.4 Å². The van der Waals surface area contributed by atoms with E-state index in [0.717, 1.165) is 28.8 Å². The first-order chi connectivity index (χ1) is 20.8. The van der Waals surface area contributed by atoms with Crippen molar-refractivity contribution in [3.05, 3.63) is 57.8 Å². The number of piperazine rings is 1. The molecule has 1 saturated heterocycles. The van der Waals surface area contributed by atoms with Gasteiger partial charge in [-0.1, -0.05) is 6.08 Å². The Hall–Kier alpha value is -4.34. The second-order valence-corrected chi connectivity index (χ2v) is 10.7. The van der Waals surface area contributed by atoms with Gasteiger partial charge in [-0.2, -0.15) is 22.7 Å². The van der Waals surface area contributed by atoms with Crippen LogP contribution in [-0.4, -0.2) is 93.0 Å². The summed E-state index contributed by atoms with van der Waals surface area (Å²) in [4.78, 5) is 48.5. The molecule has 16 heteroatoms. The molecule has 11 nitrogen and oxygen atoms in total. The molecule has 0 bridgehead atoms. The minimum absolute atomic E-state index is 0.0760. The van der Waals surface area contributed by atoms with Crippen LogP contribution in [0.2, 0.25) is 0 Å². The van der Waals surface area contributed by atoms with E-state index in [-0.39, 0.29) is 48.5 Å². The molecule has 4 heterocycles. The molecule has 2 aliphatic rings. The number of anilines is 2. The number of alkyl halides is 5. The zero-order valence-electron chi connectivity index (χ0n) is 24.1. The largest absolute Gasteiger partial charge is 0.416 e. The van der Waals surface area contributed by atoms with E-state index in [1.807, 2.05) is 4.90 Å². The second-order valence-electron chi connectivity index (χ2n) is 10.7. The van der Waals surface area contributed by atoms with Crippen LogP contribution in [0, 0.1) is 6.92 Å². The summed E-state index contributed by atoms with van der Waals surface area (Å²) in [6, 6.07) is 4.03. The van der Waals surface area contributed by atoms with E-state index in [9.17, 15) is 36.3 Å². The molecule has 0 unspecified atom stereocenters. The molecule has 1 N–H and O–H groups in total. The first-order valence-corrected chi connectivity index (χ1v) is 14.0. The molecule has 3 aromatic rings. The lowest BCUT2D eigenvalue weighted by molar-refractivity contribution is -0.137. The van der Waals surface area contributed by atoms with E-state index < -0.39 is 29.6 Å². The molecular weight excluding hydrogens is 591 g/mol. The molecule has 2 aliphatic heterocycles. The fraction of sp³-hybridized carbons (Fsp3) is 0.464. The Morgan fingerprint density at radius 1 is 1.05 bits per heavy atom.